The molecular weight excluding hydrogens is 479 g/mol. The number of carbonyl (C=O) groups excluding carboxylic acids is 2. The summed E-state index contributed by atoms with van der Waals surface area (Å²) >= 11 is 0. The zero-order valence-electron chi connectivity index (χ0n) is 19.4. The molecule has 2 aliphatic rings. The van der Waals surface area contributed by atoms with Crippen molar-refractivity contribution in [1.29, 1.82) is 5.26 Å². The van der Waals surface area contributed by atoms with Gasteiger partial charge in [0.15, 0.2) is 0 Å². The molecule has 1 atom stereocenters. The molecule has 2 aromatic rings. The molecule has 0 unspecified atom stereocenters. The number of ether oxygens (including phenoxy) is 1. The van der Waals surface area contributed by atoms with E-state index in [1.54, 1.807) is 4.90 Å². The van der Waals surface area contributed by atoms with E-state index < -0.39 is 46.8 Å². The van der Waals surface area contributed by atoms with Gasteiger partial charge in [-0.1, -0.05) is 0 Å². The van der Waals surface area contributed by atoms with Crippen molar-refractivity contribution in [2.75, 3.05) is 44.3 Å². The first kappa shape index (κ1) is 25.2. The maximum Gasteiger partial charge on any atom is 0.284 e. The number of benzene rings is 1. The second-order valence-corrected chi connectivity index (χ2v) is 8.69. The SMILES string of the molecule is Cc1cc(C(=O)N[C@@H]2CCN(c3c(C(=O)N4CCOCC4)cc(C#N)cc3C(F)F)C2)c(F)c(=O)[nH]1. The number of anilines is 1. The smallest absolute Gasteiger partial charge is 0.284 e. The number of amides is 2. The second kappa shape index (κ2) is 10.4. The molecule has 2 N–H and O–H groups in total. The Hall–Kier alpha value is -3.85. The molecule has 0 saturated carbocycles. The topological polar surface area (TPSA) is 119 Å². The van der Waals surface area contributed by atoms with Crippen LogP contribution in [-0.2, 0) is 4.74 Å². The molecule has 0 bridgehead atoms. The lowest BCUT2D eigenvalue weighted by Gasteiger charge is -2.30. The number of nitrogens with zero attached hydrogens (tertiary/aromatic N) is 3. The van der Waals surface area contributed by atoms with Crippen LogP contribution in [0.3, 0.4) is 0 Å². The number of morpholine rings is 1. The highest BCUT2D eigenvalue weighted by molar-refractivity contribution is 6.01. The summed E-state index contributed by atoms with van der Waals surface area (Å²) in [5, 5.41) is 12.0. The van der Waals surface area contributed by atoms with Crippen LogP contribution in [0.5, 0.6) is 0 Å². The summed E-state index contributed by atoms with van der Waals surface area (Å²) in [6.07, 6.45) is -2.62. The van der Waals surface area contributed by atoms with Crippen molar-refractivity contribution in [1.82, 2.24) is 15.2 Å². The fraction of sp³-hybridized carbons (Fsp3) is 0.417. The Labute approximate surface area is 204 Å². The van der Waals surface area contributed by atoms with Crippen LogP contribution in [0, 0.1) is 24.1 Å². The zero-order valence-corrected chi connectivity index (χ0v) is 19.4. The number of pyridine rings is 1. The van der Waals surface area contributed by atoms with Gasteiger partial charge in [0.1, 0.15) is 0 Å². The van der Waals surface area contributed by atoms with Gasteiger partial charge in [-0.2, -0.15) is 5.26 Å². The van der Waals surface area contributed by atoms with Crippen LogP contribution >= 0.6 is 0 Å². The van der Waals surface area contributed by atoms with Gasteiger partial charge in [0.2, 0.25) is 5.82 Å². The molecule has 2 saturated heterocycles. The van der Waals surface area contributed by atoms with Crippen LogP contribution in [0.4, 0.5) is 18.9 Å². The highest BCUT2D eigenvalue weighted by atomic mass is 19.3. The Morgan fingerprint density at radius 2 is 1.92 bits per heavy atom. The minimum absolute atomic E-state index is 0.00965. The van der Waals surface area contributed by atoms with Crippen molar-refractivity contribution < 1.29 is 27.5 Å². The third kappa shape index (κ3) is 5.06. The van der Waals surface area contributed by atoms with Crippen LogP contribution in [0.15, 0.2) is 23.0 Å². The average Bonchev–Trinajstić information content (AvgIpc) is 3.33. The monoisotopic (exact) mass is 503 g/mol. The number of alkyl halides is 2. The Kier molecular flexibility index (Phi) is 7.30. The highest BCUT2D eigenvalue weighted by Crippen LogP contribution is 2.37. The fourth-order valence-corrected chi connectivity index (χ4v) is 4.52. The van der Waals surface area contributed by atoms with E-state index in [2.05, 4.69) is 10.3 Å². The molecule has 4 rings (SSSR count). The molecule has 9 nitrogen and oxygen atoms in total. The number of hydrogen-bond donors (Lipinski definition) is 2. The minimum atomic E-state index is -2.95. The maximum atomic E-state index is 14.2. The van der Waals surface area contributed by atoms with Crippen LogP contribution in [-0.4, -0.2) is 67.1 Å². The number of H-pyrrole nitrogens is 1. The fourth-order valence-electron chi connectivity index (χ4n) is 4.52. The van der Waals surface area contributed by atoms with Crippen molar-refractivity contribution in [2.24, 2.45) is 0 Å². The molecule has 0 radical (unpaired) electrons. The van der Waals surface area contributed by atoms with E-state index in [-0.39, 0.29) is 29.9 Å². The molecule has 0 spiro atoms. The number of hydrogen-bond acceptors (Lipinski definition) is 6. The summed E-state index contributed by atoms with van der Waals surface area (Å²) in [6, 6.07) is 4.87. The van der Waals surface area contributed by atoms with Gasteiger partial charge in [-0.3, -0.25) is 14.4 Å². The summed E-state index contributed by atoms with van der Waals surface area (Å²) in [7, 11) is 0. The van der Waals surface area contributed by atoms with Crippen molar-refractivity contribution in [3.05, 3.63) is 62.3 Å². The van der Waals surface area contributed by atoms with Crippen LogP contribution in [0.25, 0.3) is 0 Å². The van der Waals surface area contributed by atoms with Crippen molar-refractivity contribution in [2.45, 2.75) is 25.8 Å². The third-order valence-corrected chi connectivity index (χ3v) is 6.22. The average molecular weight is 503 g/mol. The van der Waals surface area contributed by atoms with Gasteiger partial charge in [-0.25, -0.2) is 13.2 Å². The van der Waals surface area contributed by atoms with Crippen LogP contribution in [0.2, 0.25) is 0 Å². The standard InChI is InChI=1S/C24H24F3N5O4/c1-13-8-16(19(25)23(34)29-13)22(33)30-15-2-3-32(12-15)20-17(21(26)27)9-14(11-28)10-18(20)24(35)31-4-6-36-7-5-31/h8-10,15,21H,2-7,12H2,1H3,(H,29,34)(H,30,33)/t15-/m1/s1. The maximum absolute atomic E-state index is 14.2. The number of halogens is 3. The van der Waals surface area contributed by atoms with Gasteiger partial charge in [0, 0.05) is 43.5 Å². The molecule has 12 heteroatoms. The first-order valence-electron chi connectivity index (χ1n) is 11.4. The van der Waals surface area contributed by atoms with E-state index in [4.69, 9.17) is 4.74 Å². The molecule has 190 valence electrons. The Morgan fingerprint density at radius 3 is 2.58 bits per heavy atom. The molecule has 1 aromatic heterocycles. The highest BCUT2D eigenvalue weighted by Gasteiger charge is 2.33. The summed E-state index contributed by atoms with van der Waals surface area (Å²) < 4.78 is 47.7. The summed E-state index contributed by atoms with van der Waals surface area (Å²) in [4.78, 5) is 43.0. The molecule has 2 fully saturated rings. The number of aromatic amines is 1. The number of aryl methyl sites for hydroxylation is 1. The van der Waals surface area contributed by atoms with Gasteiger partial charge in [0.25, 0.3) is 23.8 Å². The predicted molar refractivity (Wildman–Crippen MR) is 123 cm³/mol. The Balaban J connectivity index is 1.63. The minimum Gasteiger partial charge on any atom is -0.378 e. The van der Waals surface area contributed by atoms with Gasteiger partial charge in [-0.05, 0) is 31.5 Å². The van der Waals surface area contributed by atoms with E-state index in [0.717, 1.165) is 6.07 Å². The summed E-state index contributed by atoms with van der Waals surface area (Å²) in [6.45, 7) is 3.03. The summed E-state index contributed by atoms with van der Waals surface area (Å²) in [5.41, 5.74) is -1.64. The quantitative estimate of drug-likeness (QED) is 0.645. The number of aromatic nitrogens is 1. The molecule has 2 aliphatic heterocycles. The lowest BCUT2D eigenvalue weighted by atomic mass is 10.0. The number of nitriles is 1. The first-order valence-corrected chi connectivity index (χ1v) is 11.4. The predicted octanol–water partition coefficient (Wildman–Crippen LogP) is 2.11. The first-order chi connectivity index (χ1) is 17.2. The zero-order chi connectivity index (χ0) is 26.0. The van der Waals surface area contributed by atoms with Gasteiger partial charge < -0.3 is 24.8 Å². The molecule has 2 amide bonds. The van der Waals surface area contributed by atoms with Gasteiger partial charge >= 0.3 is 0 Å². The number of carbonyl (C=O) groups is 2. The van der Waals surface area contributed by atoms with Crippen LogP contribution in [0.1, 0.15) is 50.4 Å². The number of rotatable bonds is 5. The van der Waals surface area contributed by atoms with E-state index in [9.17, 15) is 32.8 Å². The third-order valence-electron chi connectivity index (χ3n) is 6.22. The Morgan fingerprint density at radius 1 is 1.19 bits per heavy atom. The van der Waals surface area contributed by atoms with E-state index in [0.29, 0.717) is 38.4 Å². The summed E-state index contributed by atoms with van der Waals surface area (Å²) in [5.74, 6) is -2.49. The van der Waals surface area contributed by atoms with E-state index >= 15 is 0 Å². The van der Waals surface area contributed by atoms with E-state index in [1.165, 1.54) is 24.0 Å². The molecule has 36 heavy (non-hydrogen) atoms. The Bertz CT molecular complexity index is 1280. The normalized spacial score (nSPS) is 17.8. The molecular formula is C24H24F3N5O4. The van der Waals surface area contributed by atoms with Crippen LogP contribution < -0.4 is 15.8 Å². The van der Waals surface area contributed by atoms with Crippen molar-refractivity contribution >= 4 is 17.5 Å². The largest absolute Gasteiger partial charge is 0.378 e. The van der Waals surface area contributed by atoms with Crippen molar-refractivity contribution in [3.8, 4) is 6.07 Å². The molecule has 0 aliphatic carbocycles. The lowest BCUT2D eigenvalue weighted by Crippen LogP contribution is -2.42. The molecule has 1 aromatic carbocycles. The number of nitrogens with one attached hydrogen (secondary N) is 2. The van der Waals surface area contributed by atoms with Gasteiger partial charge in [0.05, 0.1) is 41.7 Å². The second-order valence-electron chi connectivity index (χ2n) is 8.69. The van der Waals surface area contributed by atoms with E-state index in [1.807, 2.05) is 6.07 Å². The van der Waals surface area contributed by atoms with Gasteiger partial charge in [-0.15, -0.1) is 0 Å². The molecule has 3 heterocycles. The lowest BCUT2D eigenvalue weighted by molar-refractivity contribution is 0.0303. The van der Waals surface area contributed by atoms with Crippen molar-refractivity contribution in [3.63, 3.8) is 0 Å².